The van der Waals surface area contributed by atoms with Crippen molar-refractivity contribution in [1.29, 1.82) is 0 Å². The molecular formula is C38H49FN6O6. The Morgan fingerprint density at radius 1 is 0.902 bits per heavy atom. The van der Waals surface area contributed by atoms with Gasteiger partial charge in [-0.1, -0.05) is 24.3 Å². The maximum Gasteiger partial charge on any atom is 0.410 e. The number of nitrogens with one attached hydrogen (secondary N) is 1. The van der Waals surface area contributed by atoms with E-state index in [4.69, 9.17) is 9.47 Å². The second kappa shape index (κ2) is 15.5. The Morgan fingerprint density at radius 2 is 1.57 bits per heavy atom. The van der Waals surface area contributed by atoms with Gasteiger partial charge in [0.15, 0.2) is 0 Å². The predicted molar refractivity (Wildman–Crippen MR) is 190 cm³/mol. The number of piperidine rings is 2. The van der Waals surface area contributed by atoms with Crippen molar-refractivity contribution in [2.45, 2.75) is 83.6 Å². The lowest BCUT2D eigenvalue weighted by Crippen LogP contribution is -2.53. The Bertz CT molecular complexity index is 1790. The summed E-state index contributed by atoms with van der Waals surface area (Å²) in [5, 5.41) is 7.96. The molecule has 2 aromatic carbocycles. The molecule has 4 heterocycles. The van der Waals surface area contributed by atoms with Crippen molar-refractivity contribution < 1.29 is 28.2 Å². The minimum absolute atomic E-state index is 0.0193. The van der Waals surface area contributed by atoms with Crippen LogP contribution in [0.15, 0.2) is 47.3 Å². The second-order valence-electron chi connectivity index (χ2n) is 15.0. The summed E-state index contributed by atoms with van der Waals surface area (Å²) in [6.07, 6.45) is 3.51. The number of aromatic amines is 1. The fourth-order valence-electron chi connectivity index (χ4n) is 7.29. The molecule has 1 N–H and O–H groups in total. The molecule has 274 valence electrons. The molecule has 1 aromatic heterocycles. The van der Waals surface area contributed by atoms with Crippen LogP contribution in [-0.4, -0.2) is 124 Å². The summed E-state index contributed by atoms with van der Waals surface area (Å²) >= 11 is 0. The zero-order valence-corrected chi connectivity index (χ0v) is 30.0. The molecule has 3 fully saturated rings. The SMILES string of the molecule is C[C@@H]1C[C@H](OC2CCN(CC(=O)N3CCN(C(=O)c4cc(Cc5n[nH]c(=O)c6ccccc56)ccc4F)CC3)CC2)CCN1C(=O)OC(C)(C)C. The van der Waals surface area contributed by atoms with Gasteiger partial charge in [-0.25, -0.2) is 14.3 Å². The molecule has 3 aliphatic heterocycles. The van der Waals surface area contributed by atoms with E-state index >= 15 is 0 Å². The number of rotatable bonds is 7. The van der Waals surface area contributed by atoms with Crippen molar-refractivity contribution in [2.75, 3.05) is 52.4 Å². The maximum absolute atomic E-state index is 14.9. The highest BCUT2D eigenvalue weighted by molar-refractivity contribution is 5.95. The lowest BCUT2D eigenvalue weighted by Gasteiger charge is -2.40. The molecule has 3 aliphatic rings. The average molecular weight is 705 g/mol. The highest BCUT2D eigenvalue weighted by Gasteiger charge is 2.34. The number of carbonyl (C=O) groups excluding carboxylic acids is 3. The van der Waals surface area contributed by atoms with E-state index in [-0.39, 0.29) is 41.4 Å². The van der Waals surface area contributed by atoms with E-state index < -0.39 is 17.3 Å². The van der Waals surface area contributed by atoms with E-state index in [0.29, 0.717) is 67.7 Å². The highest BCUT2D eigenvalue weighted by atomic mass is 19.1. The standard InChI is InChI=1S/C38H49FN6O6/c1-25-21-28(13-16-45(25)37(49)51-38(2,3)4)50-27-11-14-42(15-12-27)24-34(46)43-17-19-44(20-18-43)36(48)31-22-26(9-10-32(31)39)23-33-29-7-5-6-8-30(29)35(47)41-40-33/h5-10,22,25,27-28H,11-21,23-24H2,1-4H3,(H,41,47)/t25-,28-/m1/s1. The monoisotopic (exact) mass is 704 g/mol. The number of nitrogens with zero attached hydrogens (tertiary/aromatic N) is 5. The van der Waals surface area contributed by atoms with E-state index in [0.717, 1.165) is 38.8 Å². The van der Waals surface area contributed by atoms with Crippen LogP contribution in [0.5, 0.6) is 0 Å². The number of fused-ring (bicyclic) bond motifs is 1. The van der Waals surface area contributed by atoms with Crippen molar-refractivity contribution in [3.05, 3.63) is 75.5 Å². The van der Waals surface area contributed by atoms with Crippen LogP contribution in [0.2, 0.25) is 0 Å². The third kappa shape index (κ3) is 8.93. The molecule has 13 heteroatoms. The third-order valence-electron chi connectivity index (χ3n) is 10.1. The number of benzene rings is 2. The first-order valence-electron chi connectivity index (χ1n) is 18.0. The number of H-pyrrole nitrogens is 1. The van der Waals surface area contributed by atoms with Gasteiger partial charge in [-0.3, -0.25) is 19.3 Å². The Hall–Kier alpha value is -4.36. The number of likely N-dealkylation sites (tertiary alicyclic amines) is 2. The minimum Gasteiger partial charge on any atom is -0.444 e. The molecule has 0 radical (unpaired) electrons. The number of aromatic nitrogens is 2. The van der Waals surface area contributed by atoms with Gasteiger partial charge in [-0.05, 0) is 77.1 Å². The van der Waals surface area contributed by atoms with Gasteiger partial charge in [-0.15, -0.1) is 0 Å². The molecule has 3 saturated heterocycles. The molecule has 51 heavy (non-hydrogen) atoms. The topological polar surface area (TPSA) is 128 Å². The van der Waals surface area contributed by atoms with E-state index in [1.165, 1.54) is 6.07 Å². The smallest absolute Gasteiger partial charge is 0.410 e. The minimum atomic E-state index is -0.602. The fraction of sp³-hybridized carbons (Fsp3) is 0.553. The molecule has 0 saturated carbocycles. The molecule has 3 aromatic rings. The van der Waals surface area contributed by atoms with E-state index in [1.807, 2.05) is 39.8 Å². The molecule has 0 spiro atoms. The zero-order chi connectivity index (χ0) is 36.3. The normalized spacial score (nSPS) is 20.8. The first kappa shape index (κ1) is 36.4. The number of halogens is 1. The molecular weight excluding hydrogens is 655 g/mol. The van der Waals surface area contributed by atoms with Crippen LogP contribution in [0.25, 0.3) is 10.8 Å². The summed E-state index contributed by atoms with van der Waals surface area (Å²) in [7, 11) is 0. The Kier molecular flexibility index (Phi) is 11.1. The number of hydrogen-bond acceptors (Lipinski definition) is 8. The summed E-state index contributed by atoms with van der Waals surface area (Å²) in [6.45, 7) is 11.5. The highest BCUT2D eigenvalue weighted by Crippen LogP contribution is 2.26. The van der Waals surface area contributed by atoms with Crippen LogP contribution in [0.4, 0.5) is 9.18 Å². The number of carbonyl (C=O) groups is 3. The van der Waals surface area contributed by atoms with E-state index in [9.17, 15) is 23.6 Å². The van der Waals surface area contributed by atoms with Gasteiger partial charge < -0.3 is 24.2 Å². The number of hydrogen-bond donors (Lipinski definition) is 1. The summed E-state index contributed by atoms with van der Waals surface area (Å²) < 4.78 is 27.0. The van der Waals surface area contributed by atoms with E-state index in [1.54, 1.807) is 39.0 Å². The zero-order valence-electron chi connectivity index (χ0n) is 30.0. The molecule has 0 unspecified atom stereocenters. The molecule has 12 nitrogen and oxygen atoms in total. The van der Waals surface area contributed by atoms with Crippen molar-refractivity contribution in [1.82, 2.24) is 29.8 Å². The third-order valence-corrected chi connectivity index (χ3v) is 10.1. The van der Waals surface area contributed by atoms with Crippen molar-refractivity contribution in [3.63, 3.8) is 0 Å². The fourth-order valence-corrected chi connectivity index (χ4v) is 7.29. The molecule has 2 atom stereocenters. The lowest BCUT2D eigenvalue weighted by molar-refractivity contribution is -0.135. The van der Waals surface area contributed by atoms with Gasteiger partial charge in [0.25, 0.3) is 11.5 Å². The first-order valence-corrected chi connectivity index (χ1v) is 18.0. The maximum atomic E-state index is 14.9. The summed E-state index contributed by atoms with van der Waals surface area (Å²) in [6, 6.07) is 11.7. The number of amides is 3. The van der Waals surface area contributed by atoms with Crippen LogP contribution in [0.1, 0.15) is 75.0 Å². The Morgan fingerprint density at radius 3 is 2.25 bits per heavy atom. The summed E-state index contributed by atoms with van der Waals surface area (Å²) in [5.74, 6) is -0.985. The number of ether oxygens (including phenoxy) is 2. The van der Waals surface area contributed by atoms with Crippen molar-refractivity contribution in [3.8, 4) is 0 Å². The van der Waals surface area contributed by atoms with Crippen LogP contribution < -0.4 is 5.56 Å². The van der Waals surface area contributed by atoms with Crippen LogP contribution in [0, 0.1) is 5.82 Å². The van der Waals surface area contributed by atoms with Gasteiger partial charge in [0.2, 0.25) is 5.91 Å². The van der Waals surface area contributed by atoms with Gasteiger partial charge in [0.1, 0.15) is 11.4 Å². The van der Waals surface area contributed by atoms with Gasteiger partial charge >= 0.3 is 6.09 Å². The number of piperazine rings is 1. The lowest BCUT2D eigenvalue weighted by atomic mass is 10.00. The van der Waals surface area contributed by atoms with Crippen LogP contribution in [0.3, 0.4) is 0 Å². The van der Waals surface area contributed by atoms with Crippen molar-refractivity contribution in [2.24, 2.45) is 0 Å². The molecule has 3 amide bonds. The second-order valence-corrected chi connectivity index (χ2v) is 15.0. The van der Waals surface area contributed by atoms with Crippen LogP contribution in [-0.2, 0) is 20.7 Å². The Labute approximate surface area is 297 Å². The van der Waals surface area contributed by atoms with Crippen LogP contribution >= 0.6 is 0 Å². The molecule has 0 aliphatic carbocycles. The Balaban J connectivity index is 0.941. The van der Waals surface area contributed by atoms with Crippen molar-refractivity contribution >= 4 is 28.7 Å². The molecule has 0 bridgehead atoms. The first-order chi connectivity index (χ1) is 24.3. The van der Waals surface area contributed by atoms with Gasteiger partial charge in [0, 0.05) is 63.7 Å². The average Bonchev–Trinajstić information content (AvgIpc) is 3.10. The van der Waals surface area contributed by atoms with Gasteiger partial charge in [-0.2, -0.15) is 5.10 Å². The molecule has 6 rings (SSSR count). The largest absolute Gasteiger partial charge is 0.444 e. The van der Waals surface area contributed by atoms with Gasteiger partial charge in [0.05, 0.1) is 35.4 Å². The van der Waals surface area contributed by atoms with E-state index in [2.05, 4.69) is 15.1 Å². The summed E-state index contributed by atoms with van der Waals surface area (Å²) in [5.41, 5.74) is 0.508. The summed E-state index contributed by atoms with van der Waals surface area (Å²) in [4.78, 5) is 58.7. The quantitative estimate of drug-likeness (QED) is 0.388. The predicted octanol–water partition coefficient (Wildman–Crippen LogP) is 4.21.